The van der Waals surface area contributed by atoms with E-state index in [1.165, 1.54) is 65.3 Å². The molecule has 0 aliphatic rings. The molecule has 0 aliphatic carbocycles. The smallest absolute Gasteiger partial charge is 0.0138 e. The van der Waals surface area contributed by atoms with Crippen molar-refractivity contribution in [3.63, 3.8) is 0 Å². The first-order valence-electron chi connectivity index (χ1n) is 12.4. The molecule has 0 bridgehead atoms. The molecule has 182 valence electrons. The average Bonchev–Trinajstić information content (AvgIpc) is 2.61. The van der Waals surface area contributed by atoms with Crippen LogP contribution in [0.5, 0.6) is 0 Å². The number of hydrogen-bond acceptors (Lipinski definition) is 0. The molecule has 0 heterocycles. The van der Waals surface area contributed by atoms with Crippen molar-refractivity contribution >= 4 is 26.3 Å². The van der Waals surface area contributed by atoms with Crippen LogP contribution < -0.4 is 10.6 Å². The van der Waals surface area contributed by atoms with E-state index >= 15 is 0 Å². The Bertz CT molecular complexity index is 1020. The molecule has 0 saturated carbocycles. The van der Waals surface area contributed by atoms with Gasteiger partial charge in [0.25, 0.3) is 0 Å². The Morgan fingerprint density at radius 2 is 0.818 bits per heavy atom. The van der Waals surface area contributed by atoms with E-state index in [9.17, 15) is 0 Å². The molecule has 0 nitrogen and oxygen atoms in total. The summed E-state index contributed by atoms with van der Waals surface area (Å²) >= 11 is 0. The average molecular weight is 483 g/mol. The molecule has 2 rings (SSSR count). The molecule has 0 fully saturated rings. The van der Waals surface area contributed by atoms with Gasteiger partial charge in [-0.1, -0.05) is 101 Å². The third-order valence-corrected chi connectivity index (χ3v) is 9.83. The number of aryl methyl sites for hydroxylation is 1. The molecule has 0 amide bonds. The van der Waals surface area contributed by atoms with Gasteiger partial charge in [0, 0.05) is 10.6 Å². The summed E-state index contributed by atoms with van der Waals surface area (Å²) in [6.07, 6.45) is 0. The molecule has 0 atom stereocenters. The molecule has 0 aliphatic heterocycles. The van der Waals surface area contributed by atoms with Gasteiger partial charge >= 0.3 is 0 Å². The van der Waals surface area contributed by atoms with Gasteiger partial charge in [0.2, 0.25) is 0 Å². The van der Waals surface area contributed by atoms with Crippen molar-refractivity contribution in [1.82, 2.24) is 0 Å². The standard InChI is InChI=1S/C31H48P2/c1-19-16-23(29(7,8)9)26(21(3)20(19)2)32-33-27-24(30(10,11)12)17-22(28(4,5)6)18-25(27)31(13,14)15/h16-18H,1-15H3. The van der Waals surface area contributed by atoms with Gasteiger partial charge in [0.15, 0.2) is 0 Å². The van der Waals surface area contributed by atoms with Gasteiger partial charge < -0.3 is 0 Å². The highest BCUT2D eigenvalue weighted by Gasteiger charge is 2.29. The lowest BCUT2D eigenvalue weighted by Crippen LogP contribution is -2.29. The van der Waals surface area contributed by atoms with Gasteiger partial charge in [-0.25, -0.2) is 0 Å². The Morgan fingerprint density at radius 1 is 0.455 bits per heavy atom. The molecule has 0 aromatic heterocycles. The summed E-state index contributed by atoms with van der Waals surface area (Å²) in [7, 11) is 2.77. The van der Waals surface area contributed by atoms with E-state index in [0.717, 1.165) is 0 Å². The molecular formula is C31H48P2. The second kappa shape index (κ2) is 9.25. The minimum absolute atomic E-state index is 0.101. The fraction of sp³-hybridized carbons (Fsp3) is 0.613. The molecular weight excluding hydrogens is 434 g/mol. The minimum Gasteiger partial charge on any atom is -0.0561 e. The van der Waals surface area contributed by atoms with Crippen molar-refractivity contribution < 1.29 is 0 Å². The zero-order chi connectivity index (χ0) is 25.7. The molecule has 0 N–H and O–H groups in total. The molecule has 2 aromatic carbocycles. The van der Waals surface area contributed by atoms with Crippen LogP contribution >= 0.6 is 15.7 Å². The predicted octanol–water partition coefficient (Wildman–Crippen LogP) is 9.56. The van der Waals surface area contributed by atoms with Gasteiger partial charge in [-0.05, 0) is 97.1 Å². The third-order valence-electron chi connectivity index (χ3n) is 6.78. The van der Waals surface area contributed by atoms with E-state index in [2.05, 4.69) is 122 Å². The van der Waals surface area contributed by atoms with Crippen LogP contribution in [0.4, 0.5) is 0 Å². The van der Waals surface area contributed by atoms with Gasteiger partial charge in [0.1, 0.15) is 0 Å². The number of rotatable bonds is 2. The van der Waals surface area contributed by atoms with Crippen LogP contribution in [0, 0.1) is 20.8 Å². The quantitative estimate of drug-likeness (QED) is 0.374. The van der Waals surface area contributed by atoms with E-state index < -0.39 is 0 Å². The predicted molar refractivity (Wildman–Crippen MR) is 155 cm³/mol. The summed E-state index contributed by atoms with van der Waals surface area (Å²) in [6.45, 7) is 35.2. The summed E-state index contributed by atoms with van der Waals surface area (Å²) in [4.78, 5) is 0. The lowest BCUT2D eigenvalue weighted by molar-refractivity contribution is 0.554. The van der Waals surface area contributed by atoms with Gasteiger partial charge in [-0.3, -0.25) is 0 Å². The van der Waals surface area contributed by atoms with Gasteiger partial charge in [-0.15, -0.1) is 0 Å². The first kappa shape index (κ1) is 28.3. The van der Waals surface area contributed by atoms with Crippen molar-refractivity contribution in [2.75, 3.05) is 0 Å². The van der Waals surface area contributed by atoms with E-state index in [1.807, 2.05) is 0 Å². The monoisotopic (exact) mass is 482 g/mol. The highest BCUT2D eigenvalue weighted by Crippen LogP contribution is 2.38. The van der Waals surface area contributed by atoms with Gasteiger partial charge in [-0.2, -0.15) is 0 Å². The van der Waals surface area contributed by atoms with Crippen molar-refractivity contribution in [2.24, 2.45) is 0 Å². The SMILES string of the molecule is Cc1cc(C(C)(C)C)c(P=Pc2c(C(C)(C)C)cc(C(C)(C)C)cc2C(C)(C)C)c(C)c1C. The second-order valence-electron chi connectivity index (χ2n) is 14.0. The summed E-state index contributed by atoms with van der Waals surface area (Å²) in [6, 6.07) is 7.45. The fourth-order valence-electron chi connectivity index (χ4n) is 4.19. The summed E-state index contributed by atoms with van der Waals surface area (Å²) < 4.78 is 0. The highest BCUT2D eigenvalue weighted by atomic mass is 31.7. The maximum Gasteiger partial charge on any atom is 0.0138 e. The molecule has 0 unspecified atom stereocenters. The largest absolute Gasteiger partial charge is 0.0561 e. The maximum absolute atomic E-state index is 2.50. The fourth-order valence-corrected chi connectivity index (χ4v) is 8.25. The Labute approximate surface area is 208 Å². The Balaban J connectivity index is 2.94. The zero-order valence-electron chi connectivity index (χ0n) is 24.1. The number of benzene rings is 2. The van der Waals surface area contributed by atoms with Crippen molar-refractivity contribution in [3.8, 4) is 0 Å². The van der Waals surface area contributed by atoms with Crippen LogP contribution in [0.15, 0.2) is 18.2 Å². The van der Waals surface area contributed by atoms with Crippen molar-refractivity contribution in [1.29, 1.82) is 0 Å². The van der Waals surface area contributed by atoms with E-state index in [4.69, 9.17) is 0 Å². The second-order valence-corrected chi connectivity index (χ2v) is 16.5. The normalized spacial score (nSPS) is 13.8. The Morgan fingerprint density at radius 3 is 1.18 bits per heavy atom. The maximum atomic E-state index is 2.50. The van der Waals surface area contributed by atoms with Crippen LogP contribution in [-0.4, -0.2) is 0 Å². The summed E-state index contributed by atoms with van der Waals surface area (Å²) in [5, 5.41) is 3.05. The van der Waals surface area contributed by atoms with Crippen LogP contribution in [0.2, 0.25) is 0 Å². The molecule has 2 aromatic rings. The first-order valence-corrected chi connectivity index (χ1v) is 14.9. The highest BCUT2D eigenvalue weighted by molar-refractivity contribution is 7.91. The number of hydrogen-bond donors (Lipinski definition) is 0. The zero-order valence-corrected chi connectivity index (χ0v) is 25.9. The van der Waals surface area contributed by atoms with E-state index in [-0.39, 0.29) is 21.7 Å². The van der Waals surface area contributed by atoms with Crippen LogP contribution in [0.1, 0.15) is 122 Å². The third kappa shape index (κ3) is 6.38. The summed E-state index contributed by atoms with van der Waals surface area (Å²) in [5.74, 6) is 0. The topological polar surface area (TPSA) is 0 Å². The van der Waals surface area contributed by atoms with Gasteiger partial charge in [0.05, 0.1) is 0 Å². The molecule has 33 heavy (non-hydrogen) atoms. The van der Waals surface area contributed by atoms with Crippen LogP contribution in [0.25, 0.3) is 0 Å². The molecule has 0 spiro atoms. The summed E-state index contributed by atoms with van der Waals surface area (Å²) in [5.41, 5.74) is 10.8. The molecule has 0 saturated heterocycles. The Kier molecular flexibility index (Phi) is 7.92. The minimum atomic E-state index is 0.101. The molecule has 2 heteroatoms. The van der Waals surface area contributed by atoms with Crippen molar-refractivity contribution in [2.45, 2.75) is 126 Å². The van der Waals surface area contributed by atoms with Crippen LogP contribution in [-0.2, 0) is 21.7 Å². The van der Waals surface area contributed by atoms with Crippen LogP contribution in [0.3, 0.4) is 0 Å². The van der Waals surface area contributed by atoms with E-state index in [1.54, 1.807) is 0 Å². The molecule has 0 radical (unpaired) electrons. The van der Waals surface area contributed by atoms with E-state index in [0.29, 0.717) is 0 Å². The Hall–Kier alpha value is -0.960. The lowest BCUT2D eigenvalue weighted by atomic mass is 9.75. The lowest BCUT2D eigenvalue weighted by Gasteiger charge is -2.32. The first-order chi connectivity index (χ1) is 14.7. The van der Waals surface area contributed by atoms with Crippen molar-refractivity contribution in [3.05, 3.63) is 57.1 Å².